The van der Waals surface area contributed by atoms with Gasteiger partial charge in [-0.3, -0.25) is 14.6 Å². The zero-order valence-electron chi connectivity index (χ0n) is 16.9. The van der Waals surface area contributed by atoms with Crippen LogP contribution in [0.5, 0.6) is 11.5 Å². The van der Waals surface area contributed by atoms with Gasteiger partial charge in [0, 0.05) is 24.3 Å². The van der Waals surface area contributed by atoms with Crippen molar-refractivity contribution in [2.45, 2.75) is 44.7 Å². The minimum absolute atomic E-state index is 0.195. The average Bonchev–Trinajstić information content (AvgIpc) is 2.78. The van der Waals surface area contributed by atoms with Crippen molar-refractivity contribution in [2.24, 2.45) is 0 Å². The van der Waals surface area contributed by atoms with Gasteiger partial charge in [-0.15, -0.1) is 0 Å². The number of carbonyl (C=O) groups excluding carboxylic acids is 2. The van der Waals surface area contributed by atoms with Crippen molar-refractivity contribution in [1.82, 2.24) is 15.6 Å². The van der Waals surface area contributed by atoms with Crippen molar-refractivity contribution in [2.75, 3.05) is 14.2 Å². The van der Waals surface area contributed by atoms with Crippen LogP contribution in [0, 0.1) is 0 Å². The Morgan fingerprint density at radius 1 is 1.00 bits per heavy atom. The molecule has 154 valence electrons. The summed E-state index contributed by atoms with van der Waals surface area (Å²) in [7, 11) is 3.14. The Bertz CT molecular complexity index is 863. The lowest BCUT2D eigenvalue weighted by atomic mass is 9.95. The third kappa shape index (κ3) is 5.47. The molecule has 2 aromatic rings. The van der Waals surface area contributed by atoms with Gasteiger partial charge in [0.1, 0.15) is 5.69 Å². The maximum Gasteiger partial charge on any atom is 0.270 e. The largest absolute Gasteiger partial charge is 0.493 e. The Hall–Kier alpha value is -3.09. The number of pyridine rings is 1. The highest BCUT2D eigenvalue weighted by Gasteiger charge is 2.18. The normalized spacial score (nSPS) is 14.1. The van der Waals surface area contributed by atoms with Crippen LogP contribution >= 0.6 is 0 Å². The van der Waals surface area contributed by atoms with E-state index in [2.05, 4.69) is 15.6 Å². The van der Waals surface area contributed by atoms with E-state index in [-0.39, 0.29) is 23.6 Å². The zero-order chi connectivity index (χ0) is 20.6. The zero-order valence-corrected chi connectivity index (χ0v) is 16.9. The number of rotatable bonds is 7. The Labute approximate surface area is 170 Å². The summed E-state index contributed by atoms with van der Waals surface area (Å²) in [6.07, 6.45) is 6.98. The van der Waals surface area contributed by atoms with Crippen LogP contribution in [-0.4, -0.2) is 37.1 Å². The van der Waals surface area contributed by atoms with Crippen molar-refractivity contribution in [3.8, 4) is 11.5 Å². The number of hydrogen-bond acceptors (Lipinski definition) is 5. The third-order valence-corrected chi connectivity index (χ3v) is 5.10. The molecule has 0 saturated heterocycles. The number of aromatic nitrogens is 1. The van der Waals surface area contributed by atoms with E-state index in [9.17, 15) is 9.59 Å². The van der Waals surface area contributed by atoms with Gasteiger partial charge in [-0.1, -0.05) is 25.3 Å². The topological polar surface area (TPSA) is 89.5 Å². The highest BCUT2D eigenvalue weighted by Crippen LogP contribution is 2.27. The van der Waals surface area contributed by atoms with Gasteiger partial charge in [0.15, 0.2) is 11.5 Å². The summed E-state index contributed by atoms with van der Waals surface area (Å²) in [5, 5.41) is 5.88. The van der Waals surface area contributed by atoms with Gasteiger partial charge in [0.05, 0.1) is 14.2 Å². The standard InChI is InChI=1S/C22H27N3O4/c1-28-19-9-8-15(12-20(19)29-2)14-24-21(26)16-10-11-23-18(13-16)22(27)25-17-6-4-3-5-7-17/h8-13,17H,3-7,14H2,1-2H3,(H,24,26)(H,25,27). The van der Waals surface area contributed by atoms with E-state index in [1.54, 1.807) is 26.4 Å². The smallest absolute Gasteiger partial charge is 0.270 e. The summed E-state index contributed by atoms with van der Waals surface area (Å²) in [6, 6.07) is 8.79. The van der Waals surface area contributed by atoms with E-state index < -0.39 is 0 Å². The summed E-state index contributed by atoms with van der Waals surface area (Å²) in [6.45, 7) is 0.325. The summed E-state index contributed by atoms with van der Waals surface area (Å²) in [5.74, 6) is 0.732. The molecule has 1 heterocycles. The molecular formula is C22H27N3O4. The van der Waals surface area contributed by atoms with Gasteiger partial charge in [-0.05, 0) is 42.7 Å². The highest BCUT2D eigenvalue weighted by atomic mass is 16.5. The monoisotopic (exact) mass is 397 g/mol. The number of methoxy groups -OCH3 is 2. The summed E-state index contributed by atoms with van der Waals surface area (Å²) in [5.41, 5.74) is 1.53. The number of ether oxygens (including phenoxy) is 2. The van der Waals surface area contributed by atoms with E-state index in [4.69, 9.17) is 9.47 Å². The van der Waals surface area contributed by atoms with Crippen molar-refractivity contribution >= 4 is 11.8 Å². The minimum atomic E-state index is -0.270. The molecule has 1 fully saturated rings. The lowest BCUT2D eigenvalue weighted by molar-refractivity contribution is 0.0922. The van der Waals surface area contributed by atoms with Crippen LogP contribution in [0.3, 0.4) is 0 Å². The van der Waals surface area contributed by atoms with Crippen LogP contribution < -0.4 is 20.1 Å². The SMILES string of the molecule is COc1ccc(CNC(=O)c2ccnc(C(=O)NC3CCCCC3)c2)cc1OC. The molecule has 1 aliphatic rings. The molecule has 0 aliphatic heterocycles. The van der Waals surface area contributed by atoms with E-state index in [0.29, 0.717) is 23.6 Å². The van der Waals surface area contributed by atoms with Crippen molar-refractivity contribution in [3.05, 3.63) is 53.3 Å². The number of amides is 2. The molecular weight excluding hydrogens is 370 g/mol. The molecule has 7 heteroatoms. The molecule has 1 saturated carbocycles. The maximum absolute atomic E-state index is 12.5. The van der Waals surface area contributed by atoms with Gasteiger partial charge in [-0.25, -0.2) is 0 Å². The second-order valence-electron chi connectivity index (χ2n) is 7.11. The van der Waals surface area contributed by atoms with Gasteiger partial charge in [-0.2, -0.15) is 0 Å². The van der Waals surface area contributed by atoms with Gasteiger partial charge >= 0.3 is 0 Å². The van der Waals surface area contributed by atoms with E-state index in [0.717, 1.165) is 31.2 Å². The summed E-state index contributed by atoms with van der Waals surface area (Å²) >= 11 is 0. The molecule has 1 aromatic carbocycles. The van der Waals surface area contributed by atoms with Crippen LogP contribution in [0.1, 0.15) is 58.5 Å². The Morgan fingerprint density at radius 2 is 1.76 bits per heavy atom. The van der Waals surface area contributed by atoms with Gasteiger partial charge in [0.2, 0.25) is 0 Å². The first-order valence-electron chi connectivity index (χ1n) is 9.86. The molecule has 1 aromatic heterocycles. The molecule has 0 bridgehead atoms. The molecule has 0 atom stereocenters. The minimum Gasteiger partial charge on any atom is -0.493 e. The van der Waals surface area contributed by atoms with Gasteiger partial charge in [0.25, 0.3) is 11.8 Å². The second-order valence-corrected chi connectivity index (χ2v) is 7.11. The molecule has 0 spiro atoms. The number of carbonyl (C=O) groups is 2. The number of hydrogen-bond donors (Lipinski definition) is 2. The predicted octanol–water partition coefficient (Wildman–Crippen LogP) is 3.09. The van der Waals surface area contributed by atoms with Crippen LogP contribution in [0.4, 0.5) is 0 Å². The van der Waals surface area contributed by atoms with E-state index >= 15 is 0 Å². The van der Waals surface area contributed by atoms with E-state index in [1.807, 2.05) is 12.1 Å². The molecule has 0 radical (unpaired) electrons. The van der Waals surface area contributed by atoms with E-state index in [1.165, 1.54) is 18.7 Å². The van der Waals surface area contributed by atoms with Crippen LogP contribution in [0.25, 0.3) is 0 Å². The number of benzene rings is 1. The van der Waals surface area contributed by atoms with Crippen molar-refractivity contribution in [3.63, 3.8) is 0 Å². The van der Waals surface area contributed by atoms with Gasteiger partial charge < -0.3 is 20.1 Å². The van der Waals surface area contributed by atoms with Crippen molar-refractivity contribution in [1.29, 1.82) is 0 Å². The Morgan fingerprint density at radius 3 is 2.48 bits per heavy atom. The fourth-order valence-corrected chi connectivity index (χ4v) is 3.48. The van der Waals surface area contributed by atoms with Crippen LogP contribution in [-0.2, 0) is 6.54 Å². The average molecular weight is 397 g/mol. The first-order valence-corrected chi connectivity index (χ1v) is 9.86. The quantitative estimate of drug-likeness (QED) is 0.749. The lowest BCUT2D eigenvalue weighted by Crippen LogP contribution is -2.36. The first-order chi connectivity index (χ1) is 14.1. The maximum atomic E-state index is 12.5. The van der Waals surface area contributed by atoms with Crippen molar-refractivity contribution < 1.29 is 19.1 Å². The molecule has 7 nitrogen and oxygen atoms in total. The fourth-order valence-electron chi connectivity index (χ4n) is 3.48. The summed E-state index contributed by atoms with van der Waals surface area (Å²) in [4.78, 5) is 29.1. The summed E-state index contributed by atoms with van der Waals surface area (Å²) < 4.78 is 10.5. The molecule has 2 N–H and O–H groups in total. The Balaban J connectivity index is 1.61. The number of nitrogens with zero attached hydrogens (tertiary/aromatic N) is 1. The molecule has 29 heavy (non-hydrogen) atoms. The predicted molar refractivity (Wildman–Crippen MR) is 109 cm³/mol. The molecule has 0 unspecified atom stereocenters. The first kappa shape index (κ1) is 20.6. The Kier molecular flexibility index (Phi) is 7.05. The third-order valence-electron chi connectivity index (χ3n) is 5.10. The second kappa shape index (κ2) is 9.91. The highest BCUT2D eigenvalue weighted by molar-refractivity contribution is 5.98. The molecule has 2 amide bonds. The number of nitrogens with one attached hydrogen (secondary N) is 2. The fraction of sp³-hybridized carbons (Fsp3) is 0.409. The van der Waals surface area contributed by atoms with Crippen LogP contribution in [0.15, 0.2) is 36.5 Å². The molecule has 1 aliphatic carbocycles. The molecule has 3 rings (SSSR count). The van der Waals surface area contributed by atoms with Crippen LogP contribution in [0.2, 0.25) is 0 Å². The lowest BCUT2D eigenvalue weighted by Gasteiger charge is -2.22.